The molecule has 1 fully saturated rings. The molecule has 0 saturated carbocycles. The van der Waals surface area contributed by atoms with Crippen LogP contribution in [0.4, 0.5) is 10.6 Å². The first-order valence-corrected chi connectivity index (χ1v) is 8.32. The van der Waals surface area contributed by atoms with E-state index in [-0.39, 0.29) is 18.4 Å². The fourth-order valence-corrected chi connectivity index (χ4v) is 3.02. The van der Waals surface area contributed by atoms with Crippen LogP contribution in [0.2, 0.25) is 0 Å². The summed E-state index contributed by atoms with van der Waals surface area (Å²) in [5, 5.41) is 11.9. The van der Waals surface area contributed by atoms with Gasteiger partial charge in [-0.25, -0.2) is 14.8 Å². The molecular formula is C18H20N4O4. The Kier molecular flexibility index (Phi) is 5.31. The Morgan fingerprint density at radius 3 is 2.88 bits per heavy atom. The molecule has 1 atom stereocenters. The monoisotopic (exact) mass is 356 g/mol. The summed E-state index contributed by atoms with van der Waals surface area (Å²) in [4.78, 5) is 33.2. The molecule has 136 valence electrons. The molecule has 1 aliphatic rings. The molecule has 2 amide bonds. The van der Waals surface area contributed by atoms with Crippen molar-refractivity contribution in [2.45, 2.75) is 12.8 Å². The minimum atomic E-state index is -0.997. The zero-order valence-corrected chi connectivity index (χ0v) is 14.4. The second kappa shape index (κ2) is 7.81. The van der Waals surface area contributed by atoms with Crippen LogP contribution in [-0.2, 0) is 4.79 Å². The largest absolute Gasteiger partial charge is 0.496 e. The average Bonchev–Trinajstić information content (AvgIpc) is 2.68. The van der Waals surface area contributed by atoms with Crippen molar-refractivity contribution < 1.29 is 19.4 Å². The molecule has 8 nitrogen and oxygen atoms in total. The number of rotatable bonds is 4. The molecule has 3 rings (SSSR count). The first-order chi connectivity index (χ1) is 12.6. The van der Waals surface area contributed by atoms with Gasteiger partial charge in [0.05, 0.1) is 18.7 Å². The predicted octanol–water partition coefficient (Wildman–Crippen LogP) is 2.48. The summed E-state index contributed by atoms with van der Waals surface area (Å²) in [5.74, 6) is 0.427. The van der Waals surface area contributed by atoms with Crippen molar-refractivity contribution in [2.75, 3.05) is 25.5 Å². The molecule has 2 N–H and O–H groups in total. The Bertz CT molecular complexity index is 811. The summed E-state index contributed by atoms with van der Waals surface area (Å²) >= 11 is 0. The highest BCUT2D eigenvalue weighted by Gasteiger charge is 2.28. The van der Waals surface area contributed by atoms with E-state index < -0.39 is 6.09 Å². The number of likely N-dealkylation sites (tertiary alicyclic amines) is 1. The number of carboxylic acid groups (broad SMARTS) is 1. The van der Waals surface area contributed by atoms with E-state index in [2.05, 4.69) is 15.3 Å². The number of piperidine rings is 1. The number of aromatic nitrogens is 2. The predicted molar refractivity (Wildman–Crippen MR) is 95.0 cm³/mol. The molecule has 2 heterocycles. The maximum atomic E-state index is 12.5. The summed E-state index contributed by atoms with van der Waals surface area (Å²) in [6.45, 7) is 0.663. The third-order valence-electron chi connectivity index (χ3n) is 4.36. The number of carbonyl (C=O) groups is 2. The molecule has 8 heteroatoms. The smallest absolute Gasteiger partial charge is 0.407 e. The molecule has 0 aliphatic carbocycles. The lowest BCUT2D eigenvalue weighted by Crippen LogP contribution is -2.43. The number of carbonyl (C=O) groups excluding carboxylic acids is 1. The number of ether oxygens (including phenoxy) is 1. The lowest BCUT2D eigenvalue weighted by atomic mass is 9.97. The maximum absolute atomic E-state index is 12.5. The van der Waals surface area contributed by atoms with Crippen LogP contribution in [0.3, 0.4) is 0 Å². The van der Waals surface area contributed by atoms with Crippen LogP contribution in [0.25, 0.3) is 11.3 Å². The van der Waals surface area contributed by atoms with E-state index in [4.69, 9.17) is 9.84 Å². The number of hydrogen-bond acceptors (Lipinski definition) is 5. The highest BCUT2D eigenvalue weighted by Crippen LogP contribution is 2.29. The second-order valence-electron chi connectivity index (χ2n) is 6.05. The van der Waals surface area contributed by atoms with Crippen LogP contribution >= 0.6 is 0 Å². The number of amides is 2. The van der Waals surface area contributed by atoms with Gasteiger partial charge in [0, 0.05) is 24.7 Å². The zero-order valence-electron chi connectivity index (χ0n) is 14.4. The highest BCUT2D eigenvalue weighted by atomic mass is 16.5. The molecule has 2 aromatic rings. The van der Waals surface area contributed by atoms with Crippen LogP contribution < -0.4 is 10.1 Å². The molecule has 0 radical (unpaired) electrons. The molecule has 1 unspecified atom stereocenters. The number of para-hydroxylation sites is 1. The molecule has 0 bridgehead atoms. The SMILES string of the molecule is COc1ccccc1-c1cc(NC(=O)C2CCCN(C(=O)O)C2)ncn1. The number of benzene rings is 1. The van der Waals surface area contributed by atoms with E-state index in [1.807, 2.05) is 24.3 Å². The summed E-state index contributed by atoms with van der Waals surface area (Å²) in [7, 11) is 1.58. The minimum Gasteiger partial charge on any atom is -0.496 e. The number of nitrogens with one attached hydrogen (secondary N) is 1. The van der Waals surface area contributed by atoms with Crippen LogP contribution in [-0.4, -0.2) is 52.2 Å². The molecule has 0 spiro atoms. The molecule has 1 aliphatic heterocycles. The van der Waals surface area contributed by atoms with Gasteiger partial charge in [-0.15, -0.1) is 0 Å². The Hall–Kier alpha value is -3.16. The normalized spacial score (nSPS) is 16.8. The Balaban J connectivity index is 1.74. The molecule has 1 aromatic carbocycles. The second-order valence-corrected chi connectivity index (χ2v) is 6.05. The van der Waals surface area contributed by atoms with Gasteiger partial charge in [-0.1, -0.05) is 12.1 Å². The van der Waals surface area contributed by atoms with E-state index in [0.717, 1.165) is 5.56 Å². The van der Waals surface area contributed by atoms with Gasteiger partial charge in [0.2, 0.25) is 5.91 Å². The lowest BCUT2D eigenvalue weighted by molar-refractivity contribution is -0.121. The number of nitrogens with zero attached hydrogens (tertiary/aromatic N) is 3. The van der Waals surface area contributed by atoms with E-state index in [1.165, 1.54) is 11.2 Å². The third-order valence-corrected chi connectivity index (χ3v) is 4.36. The first-order valence-electron chi connectivity index (χ1n) is 8.32. The van der Waals surface area contributed by atoms with Crippen molar-refractivity contribution in [2.24, 2.45) is 5.92 Å². The Morgan fingerprint density at radius 2 is 2.12 bits per heavy atom. The van der Waals surface area contributed by atoms with Crippen molar-refractivity contribution >= 4 is 17.8 Å². The average molecular weight is 356 g/mol. The van der Waals surface area contributed by atoms with Gasteiger partial charge in [0.25, 0.3) is 0 Å². The van der Waals surface area contributed by atoms with Crippen LogP contribution in [0.1, 0.15) is 12.8 Å². The topological polar surface area (TPSA) is 105 Å². The van der Waals surface area contributed by atoms with Crippen molar-refractivity contribution in [1.29, 1.82) is 0 Å². The van der Waals surface area contributed by atoms with E-state index in [9.17, 15) is 9.59 Å². The first kappa shape index (κ1) is 17.7. The standard InChI is InChI=1S/C18H20N4O4/c1-26-15-7-3-2-6-13(15)14-9-16(20-11-19-14)21-17(23)12-5-4-8-22(10-12)18(24)25/h2-3,6-7,9,11-12H,4-5,8,10H2,1H3,(H,24,25)(H,19,20,21,23). The fourth-order valence-electron chi connectivity index (χ4n) is 3.02. The summed E-state index contributed by atoms with van der Waals surface area (Å²) in [6.07, 6.45) is 1.70. The number of hydrogen-bond donors (Lipinski definition) is 2. The van der Waals surface area contributed by atoms with Crippen molar-refractivity contribution in [3.8, 4) is 17.0 Å². The summed E-state index contributed by atoms with van der Waals surface area (Å²) in [6, 6.07) is 9.12. The number of anilines is 1. The van der Waals surface area contributed by atoms with Crippen molar-refractivity contribution in [1.82, 2.24) is 14.9 Å². The van der Waals surface area contributed by atoms with Gasteiger partial charge in [-0.2, -0.15) is 0 Å². The van der Waals surface area contributed by atoms with Crippen LogP contribution in [0, 0.1) is 5.92 Å². The molecule has 1 aromatic heterocycles. The Labute approximate surface area is 150 Å². The fraction of sp³-hybridized carbons (Fsp3) is 0.333. The van der Waals surface area contributed by atoms with Gasteiger partial charge >= 0.3 is 6.09 Å². The highest BCUT2D eigenvalue weighted by molar-refractivity contribution is 5.92. The molecular weight excluding hydrogens is 336 g/mol. The van der Waals surface area contributed by atoms with Gasteiger partial charge in [0.1, 0.15) is 17.9 Å². The summed E-state index contributed by atoms with van der Waals surface area (Å²) < 4.78 is 5.34. The van der Waals surface area contributed by atoms with E-state index in [1.54, 1.807) is 13.2 Å². The lowest BCUT2D eigenvalue weighted by Gasteiger charge is -2.29. The minimum absolute atomic E-state index is 0.200. The zero-order chi connectivity index (χ0) is 18.5. The molecule has 1 saturated heterocycles. The van der Waals surface area contributed by atoms with Gasteiger partial charge in [-0.05, 0) is 25.0 Å². The van der Waals surface area contributed by atoms with Gasteiger partial charge in [-0.3, -0.25) is 4.79 Å². The van der Waals surface area contributed by atoms with Gasteiger partial charge < -0.3 is 20.1 Å². The van der Waals surface area contributed by atoms with Crippen molar-refractivity contribution in [3.63, 3.8) is 0 Å². The molecule has 26 heavy (non-hydrogen) atoms. The third kappa shape index (κ3) is 3.90. The quantitative estimate of drug-likeness (QED) is 0.872. The van der Waals surface area contributed by atoms with Crippen molar-refractivity contribution in [3.05, 3.63) is 36.7 Å². The van der Waals surface area contributed by atoms with Crippen LogP contribution in [0.5, 0.6) is 5.75 Å². The van der Waals surface area contributed by atoms with E-state index in [0.29, 0.717) is 36.6 Å². The van der Waals surface area contributed by atoms with Crippen LogP contribution in [0.15, 0.2) is 36.7 Å². The summed E-state index contributed by atoms with van der Waals surface area (Å²) in [5.41, 5.74) is 1.42. The number of methoxy groups -OCH3 is 1. The Morgan fingerprint density at radius 1 is 1.31 bits per heavy atom. The van der Waals surface area contributed by atoms with E-state index >= 15 is 0 Å². The van der Waals surface area contributed by atoms with Gasteiger partial charge in [0.15, 0.2) is 0 Å². The maximum Gasteiger partial charge on any atom is 0.407 e.